The van der Waals surface area contributed by atoms with Gasteiger partial charge in [0, 0.05) is 51.8 Å². The summed E-state index contributed by atoms with van der Waals surface area (Å²) < 4.78 is 35.7. The van der Waals surface area contributed by atoms with Crippen LogP contribution < -0.4 is 5.32 Å². The highest BCUT2D eigenvalue weighted by Gasteiger charge is 2.30. The molecule has 6 nitrogen and oxygen atoms in total. The Kier molecular flexibility index (Phi) is 5.11. The first-order valence-electron chi connectivity index (χ1n) is 6.62. The van der Waals surface area contributed by atoms with Crippen LogP contribution in [0, 0.1) is 0 Å². The van der Waals surface area contributed by atoms with Crippen LogP contribution in [0.1, 0.15) is 36.3 Å². The van der Waals surface area contributed by atoms with Gasteiger partial charge in [-0.2, -0.15) is 0 Å². The lowest BCUT2D eigenvalue weighted by Gasteiger charge is -2.08. The minimum absolute atomic E-state index is 0.0710. The van der Waals surface area contributed by atoms with Crippen molar-refractivity contribution in [1.29, 1.82) is 0 Å². The number of aromatic nitrogens is 1. The smallest absolute Gasteiger partial charge is 0.267 e. The van der Waals surface area contributed by atoms with E-state index in [4.69, 9.17) is 10.7 Å². The monoisotopic (exact) mass is 352 g/mol. The summed E-state index contributed by atoms with van der Waals surface area (Å²) in [6.45, 7) is 2.10. The van der Waals surface area contributed by atoms with Gasteiger partial charge in [-0.15, -0.1) is 0 Å². The predicted molar refractivity (Wildman–Crippen MR) is 81.6 cm³/mol. The maximum Gasteiger partial charge on any atom is 0.267 e. The minimum Gasteiger partial charge on any atom is -0.350 e. The molecule has 9 heteroatoms. The Morgan fingerprint density at radius 3 is 2.71 bits per heavy atom. The molecular weight excluding hydrogens is 336 g/mol. The Bertz CT molecular complexity index is 665. The molecule has 1 aliphatic carbocycles. The molecule has 0 spiro atoms. The number of nitrogens with zero attached hydrogens (tertiary/aromatic N) is 1. The lowest BCUT2D eigenvalue weighted by molar-refractivity contribution is 0.0946. The SMILES string of the molecule is CCS(=O)CCNC(=O)c1cc(S(=O)(=O)Cl)cn1C1CC1. The number of hydrogen-bond donors (Lipinski definition) is 1. The number of hydrogen-bond acceptors (Lipinski definition) is 4. The van der Waals surface area contributed by atoms with E-state index in [2.05, 4.69) is 5.32 Å². The average molecular weight is 353 g/mol. The highest BCUT2D eigenvalue weighted by molar-refractivity contribution is 8.13. The van der Waals surface area contributed by atoms with Gasteiger partial charge in [-0.1, -0.05) is 6.92 Å². The van der Waals surface area contributed by atoms with Crippen molar-refractivity contribution < 1.29 is 17.4 Å². The Morgan fingerprint density at radius 1 is 1.52 bits per heavy atom. The Labute approximate surface area is 130 Å². The Morgan fingerprint density at radius 2 is 2.19 bits per heavy atom. The maximum atomic E-state index is 12.1. The van der Waals surface area contributed by atoms with Gasteiger partial charge >= 0.3 is 0 Å². The van der Waals surface area contributed by atoms with E-state index < -0.39 is 19.9 Å². The largest absolute Gasteiger partial charge is 0.350 e. The molecule has 0 bridgehead atoms. The fourth-order valence-electron chi connectivity index (χ4n) is 1.94. The third-order valence-corrected chi connectivity index (χ3v) is 5.84. The van der Waals surface area contributed by atoms with Gasteiger partial charge in [0.1, 0.15) is 10.6 Å². The number of carbonyl (C=O) groups is 1. The third-order valence-electron chi connectivity index (χ3n) is 3.22. The molecule has 0 saturated heterocycles. The summed E-state index contributed by atoms with van der Waals surface area (Å²) in [5.74, 6) is 0.553. The van der Waals surface area contributed by atoms with Crippen LogP contribution in [0.15, 0.2) is 17.2 Å². The summed E-state index contributed by atoms with van der Waals surface area (Å²) in [6.07, 6.45) is 3.23. The zero-order chi connectivity index (χ0) is 15.6. The molecule has 1 amide bonds. The van der Waals surface area contributed by atoms with E-state index in [0.717, 1.165) is 12.8 Å². The van der Waals surface area contributed by atoms with Crippen LogP contribution >= 0.6 is 10.7 Å². The van der Waals surface area contributed by atoms with Gasteiger partial charge in [0.25, 0.3) is 15.0 Å². The van der Waals surface area contributed by atoms with Crippen molar-refractivity contribution in [2.24, 2.45) is 0 Å². The first-order valence-corrected chi connectivity index (χ1v) is 10.4. The van der Waals surface area contributed by atoms with Crippen molar-refractivity contribution in [2.45, 2.75) is 30.7 Å². The number of halogens is 1. The predicted octanol–water partition coefficient (Wildman–Crippen LogP) is 1.25. The van der Waals surface area contributed by atoms with Crippen molar-refractivity contribution in [3.05, 3.63) is 18.0 Å². The van der Waals surface area contributed by atoms with Crippen LogP contribution in [0.5, 0.6) is 0 Å². The molecule has 1 aliphatic rings. The van der Waals surface area contributed by atoms with Crippen molar-refractivity contribution in [3.8, 4) is 0 Å². The van der Waals surface area contributed by atoms with Gasteiger partial charge in [-0.25, -0.2) is 8.42 Å². The third kappa shape index (κ3) is 4.31. The topological polar surface area (TPSA) is 85.2 Å². The van der Waals surface area contributed by atoms with Crippen LogP contribution in [-0.2, 0) is 19.9 Å². The number of amides is 1. The van der Waals surface area contributed by atoms with E-state index in [1.807, 2.05) is 6.92 Å². The van der Waals surface area contributed by atoms with E-state index in [1.54, 1.807) is 4.57 Å². The average Bonchev–Trinajstić information content (AvgIpc) is 3.15. The molecule has 2 rings (SSSR count). The molecule has 1 fully saturated rings. The maximum absolute atomic E-state index is 12.1. The molecule has 0 radical (unpaired) electrons. The first-order chi connectivity index (χ1) is 9.82. The molecule has 118 valence electrons. The molecule has 0 aromatic carbocycles. The van der Waals surface area contributed by atoms with Crippen molar-refractivity contribution in [3.63, 3.8) is 0 Å². The minimum atomic E-state index is -3.86. The van der Waals surface area contributed by atoms with E-state index >= 15 is 0 Å². The van der Waals surface area contributed by atoms with Crippen molar-refractivity contribution in [1.82, 2.24) is 9.88 Å². The fraction of sp³-hybridized carbons (Fsp3) is 0.583. The van der Waals surface area contributed by atoms with Gasteiger partial charge in [0.15, 0.2) is 0 Å². The van der Waals surface area contributed by atoms with E-state index in [0.29, 0.717) is 11.5 Å². The molecule has 0 aliphatic heterocycles. The van der Waals surface area contributed by atoms with Gasteiger partial charge in [-0.05, 0) is 18.9 Å². The van der Waals surface area contributed by atoms with Gasteiger partial charge in [0.05, 0.1) is 0 Å². The fourth-order valence-corrected chi connectivity index (χ4v) is 3.30. The molecule has 1 aromatic heterocycles. The molecule has 1 N–H and O–H groups in total. The van der Waals surface area contributed by atoms with Gasteiger partial charge < -0.3 is 9.88 Å². The standard InChI is InChI=1S/C12H17ClN2O4S2/c1-2-20(17)6-5-14-12(16)11-7-10(21(13,18)19)8-15(11)9-3-4-9/h7-9H,2-6H2,1H3,(H,14,16). The molecule has 1 atom stereocenters. The lowest BCUT2D eigenvalue weighted by atomic mass is 10.4. The first kappa shape index (κ1) is 16.5. The zero-order valence-corrected chi connectivity index (χ0v) is 13.9. The van der Waals surface area contributed by atoms with Crippen LogP contribution in [0.3, 0.4) is 0 Å². The highest BCUT2D eigenvalue weighted by atomic mass is 35.7. The normalized spacial score (nSPS) is 16.7. The molecule has 1 unspecified atom stereocenters. The van der Waals surface area contributed by atoms with Crippen molar-refractivity contribution in [2.75, 3.05) is 18.1 Å². The molecule has 21 heavy (non-hydrogen) atoms. The number of carbonyl (C=O) groups excluding carboxylic acids is 1. The second kappa shape index (κ2) is 6.50. The quantitative estimate of drug-likeness (QED) is 0.748. The van der Waals surface area contributed by atoms with Crippen LogP contribution in [-0.4, -0.2) is 41.2 Å². The lowest BCUT2D eigenvalue weighted by Crippen LogP contribution is -2.29. The summed E-state index contributed by atoms with van der Waals surface area (Å²) in [6, 6.07) is 1.44. The Balaban J connectivity index is 2.12. The molecule has 1 heterocycles. The van der Waals surface area contributed by atoms with Crippen LogP contribution in [0.2, 0.25) is 0 Å². The molecule has 1 aromatic rings. The van der Waals surface area contributed by atoms with Crippen molar-refractivity contribution >= 4 is 36.4 Å². The summed E-state index contributed by atoms with van der Waals surface area (Å²) in [5, 5.41) is 2.66. The van der Waals surface area contributed by atoms with Gasteiger partial charge in [-0.3, -0.25) is 9.00 Å². The van der Waals surface area contributed by atoms with E-state index in [1.165, 1.54) is 12.3 Å². The second-order valence-electron chi connectivity index (χ2n) is 4.83. The summed E-state index contributed by atoms with van der Waals surface area (Å²) in [7, 11) is 0.517. The Hall–Kier alpha value is -0.860. The second-order valence-corrected chi connectivity index (χ2v) is 9.26. The van der Waals surface area contributed by atoms with E-state index in [-0.39, 0.29) is 29.1 Å². The summed E-state index contributed by atoms with van der Waals surface area (Å²) in [4.78, 5) is 12.1. The summed E-state index contributed by atoms with van der Waals surface area (Å²) in [5.41, 5.74) is 0.277. The van der Waals surface area contributed by atoms with Crippen LogP contribution in [0.25, 0.3) is 0 Å². The highest BCUT2D eigenvalue weighted by Crippen LogP contribution is 2.37. The van der Waals surface area contributed by atoms with E-state index in [9.17, 15) is 17.4 Å². The molecular formula is C12H17ClN2O4S2. The molecule has 1 saturated carbocycles. The number of nitrogens with one attached hydrogen (secondary N) is 1. The van der Waals surface area contributed by atoms with Gasteiger partial charge in [0.2, 0.25) is 0 Å². The van der Waals surface area contributed by atoms with Crippen LogP contribution in [0.4, 0.5) is 0 Å². The zero-order valence-electron chi connectivity index (χ0n) is 11.5. The number of rotatable bonds is 7. The summed E-state index contributed by atoms with van der Waals surface area (Å²) >= 11 is 0.